The molecule has 0 spiro atoms. The van der Waals surface area contributed by atoms with E-state index in [9.17, 15) is 0 Å². The van der Waals surface area contributed by atoms with Gasteiger partial charge in [-0.05, 0) is 0 Å². The zero-order chi connectivity index (χ0) is 3.58. The summed E-state index contributed by atoms with van der Waals surface area (Å²) < 4.78 is 25.9. The monoisotopic (exact) mass is 253 g/mol. The predicted octanol–water partition coefficient (Wildman–Crippen LogP) is -0.737. The molecular formula is O3Tl. The van der Waals surface area contributed by atoms with Crippen molar-refractivity contribution in [2.75, 3.05) is 0 Å². The van der Waals surface area contributed by atoms with Gasteiger partial charge in [0.05, 0.1) is 0 Å². The van der Waals surface area contributed by atoms with E-state index in [1.165, 1.54) is 0 Å². The summed E-state index contributed by atoms with van der Waals surface area (Å²) in [5, 5.41) is 0. The van der Waals surface area contributed by atoms with Crippen LogP contribution in [-0.4, -0.2) is 22.7 Å². The van der Waals surface area contributed by atoms with Crippen LogP contribution in [0.2, 0.25) is 0 Å². The number of rotatable bonds is 0. The number of hydrogen-bond acceptors (Lipinski definition) is 3. The van der Waals surface area contributed by atoms with Gasteiger partial charge in [-0.15, -0.1) is 0 Å². The van der Waals surface area contributed by atoms with E-state index in [1.54, 1.807) is 0 Å². The molecule has 0 N–H and O–H groups in total. The van der Waals surface area contributed by atoms with Crippen LogP contribution in [0.15, 0.2) is 0 Å². The molecule has 0 aromatic carbocycles. The predicted molar refractivity (Wildman–Crippen MR) is 7.81 cm³/mol. The molecule has 4 heteroatoms. The average Bonchev–Trinajstić information content (AvgIpc) is 0.811. The Balaban J connectivity index is 4.65. The van der Waals surface area contributed by atoms with Crippen molar-refractivity contribution >= 4 is 22.7 Å². The Bertz CT molecular complexity index is 72.7. The van der Waals surface area contributed by atoms with E-state index in [0.717, 1.165) is 0 Å². The molecule has 0 bridgehead atoms. The molecule has 0 saturated carbocycles. The fourth-order valence-corrected chi connectivity index (χ4v) is 0. The molecule has 0 aliphatic heterocycles. The molecule has 21 valence electrons. The van der Waals surface area contributed by atoms with Gasteiger partial charge in [0.2, 0.25) is 0 Å². The van der Waals surface area contributed by atoms with E-state index in [1.807, 2.05) is 0 Å². The van der Waals surface area contributed by atoms with Gasteiger partial charge in [-0.2, -0.15) is 0 Å². The van der Waals surface area contributed by atoms with Crippen molar-refractivity contribution in [3.63, 3.8) is 0 Å². The maximum absolute atomic E-state index is 8.64. The summed E-state index contributed by atoms with van der Waals surface area (Å²) >= 11 is -4.47. The van der Waals surface area contributed by atoms with Crippen molar-refractivity contribution < 1.29 is 8.06 Å². The fourth-order valence-electron chi connectivity index (χ4n) is 0. The minimum absolute atomic E-state index is 4.47. The van der Waals surface area contributed by atoms with Crippen LogP contribution in [-0.2, 0) is 8.06 Å². The van der Waals surface area contributed by atoms with E-state index < -0.39 is 22.7 Å². The number of hydrogen-bond donors (Lipinski definition) is 0. The molecule has 0 aliphatic rings. The van der Waals surface area contributed by atoms with Crippen LogP contribution in [0.3, 0.4) is 0 Å². The molecule has 0 atom stereocenters. The zero-order valence-corrected chi connectivity index (χ0v) is 6.29. The normalized spacial score (nSPS) is 3.75. The SMILES string of the molecule is [O]=[Tl](=[O])=[O]. The Kier molecular flexibility index (Phi) is 1.75. The molecule has 0 rings (SSSR count). The topological polar surface area (TPSA) is 51.2 Å². The maximum atomic E-state index is 8.64. The minimum atomic E-state index is -4.47. The first-order valence-electron chi connectivity index (χ1n) is 0.707. The molecular weight excluding hydrogens is 252 g/mol. The van der Waals surface area contributed by atoms with E-state index in [-0.39, 0.29) is 0 Å². The second-order valence-corrected chi connectivity index (χ2v) is 2.53. The summed E-state index contributed by atoms with van der Waals surface area (Å²) in [6.45, 7) is 0. The molecule has 0 radical (unpaired) electrons. The van der Waals surface area contributed by atoms with E-state index in [4.69, 9.17) is 8.06 Å². The molecule has 0 heterocycles. The van der Waals surface area contributed by atoms with Crippen molar-refractivity contribution in [2.24, 2.45) is 0 Å². The van der Waals surface area contributed by atoms with Crippen LogP contribution < -0.4 is 0 Å². The van der Waals surface area contributed by atoms with Gasteiger partial charge >= 0.3 is 30.8 Å². The third-order valence-corrected chi connectivity index (χ3v) is 0. The van der Waals surface area contributed by atoms with Gasteiger partial charge in [-0.1, -0.05) is 0 Å². The molecule has 0 aromatic heterocycles. The van der Waals surface area contributed by atoms with Gasteiger partial charge in [-0.25, -0.2) is 0 Å². The van der Waals surface area contributed by atoms with Crippen molar-refractivity contribution in [3.8, 4) is 0 Å². The second kappa shape index (κ2) is 1.62. The van der Waals surface area contributed by atoms with Crippen LogP contribution in [0, 0.1) is 0 Å². The molecule has 4 heavy (non-hydrogen) atoms. The van der Waals surface area contributed by atoms with Crippen LogP contribution >= 0.6 is 0 Å². The Labute approximate surface area is 31.2 Å². The molecule has 0 aliphatic carbocycles. The summed E-state index contributed by atoms with van der Waals surface area (Å²) in [6, 6.07) is 0. The first-order chi connectivity index (χ1) is 1.73. The summed E-state index contributed by atoms with van der Waals surface area (Å²) in [5.74, 6) is 0. The van der Waals surface area contributed by atoms with Gasteiger partial charge in [0.15, 0.2) is 0 Å². The summed E-state index contributed by atoms with van der Waals surface area (Å²) in [5.41, 5.74) is 0. The van der Waals surface area contributed by atoms with Crippen molar-refractivity contribution in [3.05, 3.63) is 0 Å². The third kappa shape index (κ3) is 39.1. The van der Waals surface area contributed by atoms with Crippen LogP contribution in [0.1, 0.15) is 0 Å². The zero-order valence-electron chi connectivity index (χ0n) is 1.80. The molecule has 0 aromatic rings. The van der Waals surface area contributed by atoms with Gasteiger partial charge in [-0.3, -0.25) is 0 Å². The quantitative estimate of drug-likeness (QED) is 0.534. The van der Waals surface area contributed by atoms with E-state index in [0.29, 0.717) is 0 Å². The Morgan fingerprint density at radius 3 is 1.00 bits per heavy atom. The molecule has 0 unspecified atom stereocenters. The van der Waals surface area contributed by atoms with Crippen molar-refractivity contribution in [1.82, 2.24) is 0 Å². The molecule has 3 nitrogen and oxygen atoms in total. The van der Waals surface area contributed by atoms with Crippen LogP contribution in [0.25, 0.3) is 0 Å². The summed E-state index contributed by atoms with van der Waals surface area (Å²) in [4.78, 5) is 0. The summed E-state index contributed by atoms with van der Waals surface area (Å²) in [6.07, 6.45) is 0. The Hall–Kier alpha value is 0.322. The van der Waals surface area contributed by atoms with E-state index >= 15 is 0 Å². The molecule has 0 amide bonds. The average molecular weight is 252 g/mol. The Morgan fingerprint density at radius 1 is 1.00 bits per heavy atom. The third-order valence-electron chi connectivity index (χ3n) is 0. The van der Waals surface area contributed by atoms with Gasteiger partial charge < -0.3 is 0 Å². The molecule has 0 saturated heterocycles. The van der Waals surface area contributed by atoms with E-state index in [2.05, 4.69) is 0 Å². The van der Waals surface area contributed by atoms with Crippen LogP contribution in [0.4, 0.5) is 0 Å². The standard InChI is InChI=1S/3O.Tl. The fraction of sp³-hybridized carbons (Fsp3) is 0. The Morgan fingerprint density at radius 2 is 1.00 bits per heavy atom. The summed E-state index contributed by atoms with van der Waals surface area (Å²) in [7, 11) is 0. The van der Waals surface area contributed by atoms with Gasteiger partial charge in [0.1, 0.15) is 0 Å². The van der Waals surface area contributed by atoms with Gasteiger partial charge in [0.25, 0.3) is 0 Å². The first kappa shape index (κ1) is 4.32. The van der Waals surface area contributed by atoms with Gasteiger partial charge in [0, 0.05) is 0 Å². The van der Waals surface area contributed by atoms with Crippen molar-refractivity contribution in [1.29, 1.82) is 0 Å². The first-order valence-corrected chi connectivity index (χ1v) is 6.20. The van der Waals surface area contributed by atoms with Crippen molar-refractivity contribution in [2.45, 2.75) is 0 Å². The molecule has 0 fully saturated rings. The second-order valence-electron chi connectivity index (χ2n) is 0.289. The van der Waals surface area contributed by atoms with Crippen LogP contribution in [0.5, 0.6) is 0 Å².